The van der Waals surface area contributed by atoms with Crippen LogP contribution in [0.15, 0.2) is 24.3 Å². The minimum absolute atomic E-state index is 0.0922. The largest absolute Gasteiger partial charge is 0.482 e. The average Bonchev–Trinajstić information content (AvgIpc) is 2.43. The Morgan fingerprint density at radius 1 is 1.45 bits per heavy atom. The first-order chi connectivity index (χ1) is 9.48. The summed E-state index contributed by atoms with van der Waals surface area (Å²) < 4.78 is 5.33. The van der Waals surface area contributed by atoms with Gasteiger partial charge in [-0.1, -0.05) is 26.0 Å². The summed E-state index contributed by atoms with van der Waals surface area (Å²) >= 11 is 0. The number of nitrogens with zero attached hydrogens (tertiary/aromatic N) is 1. The van der Waals surface area contributed by atoms with Crippen molar-refractivity contribution in [2.75, 3.05) is 19.8 Å². The monoisotopic (exact) mass is 276 g/mol. The molecule has 0 aliphatic heterocycles. The number of aliphatic hydroxyl groups is 1. The maximum Gasteiger partial charge on any atom is 0.257 e. The van der Waals surface area contributed by atoms with Gasteiger partial charge < -0.3 is 15.2 Å². The molecule has 1 aromatic rings. The summed E-state index contributed by atoms with van der Waals surface area (Å²) in [6.07, 6.45) is 0.616. The van der Waals surface area contributed by atoms with Crippen molar-refractivity contribution in [1.82, 2.24) is 5.32 Å². The summed E-state index contributed by atoms with van der Waals surface area (Å²) in [5.74, 6) is 0.156. The third kappa shape index (κ3) is 5.29. The molecule has 0 bridgehead atoms. The first-order valence-electron chi connectivity index (χ1n) is 6.48. The number of nitrogens with one attached hydrogen (secondary N) is 1. The van der Waals surface area contributed by atoms with Crippen molar-refractivity contribution in [2.45, 2.75) is 20.3 Å². The van der Waals surface area contributed by atoms with Crippen LogP contribution in [-0.2, 0) is 4.79 Å². The maximum absolute atomic E-state index is 11.7. The second-order valence-corrected chi connectivity index (χ2v) is 5.31. The number of carbonyl (C=O) groups excluding carboxylic acids is 1. The van der Waals surface area contributed by atoms with Gasteiger partial charge in [-0.3, -0.25) is 4.79 Å². The molecule has 2 N–H and O–H groups in total. The molecule has 0 saturated heterocycles. The molecule has 0 aliphatic rings. The van der Waals surface area contributed by atoms with E-state index in [1.165, 1.54) is 0 Å². The molecule has 1 aromatic carbocycles. The molecule has 0 aliphatic carbocycles. The zero-order valence-corrected chi connectivity index (χ0v) is 11.8. The van der Waals surface area contributed by atoms with E-state index >= 15 is 0 Å². The predicted octanol–water partition coefficient (Wildman–Crippen LogP) is 1.46. The second kappa shape index (κ2) is 7.51. The van der Waals surface area contributed by atoms with Gasteiger partial charge in [-0.15, -0.1) is 0 Å². The third-order valence-electron chi connectivity index (χ3n) is 2.92. The highest BCUT2D eigenvalue weighted by atomic mass is 16.5. The lowest BCUT2D eigenvalue weighted by molar-refractivity contribution is -0.123. The maximum atomic E-state index is 11.7. The minimum Gasteiger partial charge on any atom is -0.482 e. The zero-order valence-electron chi connectivity index (χ0n) is 11.8. The molecule has 5 heteroatoms. The molecule has 0 radical (unpaired) electrons. The fourth-order valence-corrected chi connectivity index (χ4v) is 1.61. The normalized spacial score (nSPS) is 10.7. The number of hydrogen-bond acceptors (Lipinski definition) is 4. The van der Waals surface area contributed by atoms with E-state index in [0.29, 0.717) is 24.3 Å². The molecule has 20 heavy (non-hydrogen) atoms. The van der Waals surface area contributed by atoms with Gasteiger partial charge in [0, 0.05) is 13.2 Å². The van der Waals surface area contributed by atoms with Crippen LogP contribution in [-0.4, -0.2) is 30.8 Å². The summed E-state index contributed by atoms with van der Waals surface area (Å²) in [6, 6.07) is 8.79. The Morgan fingerprint density at radius 3 is 2.80 bits per heavy atom. The fraction of sp³-hybridized carbons (Fsp3) is 0.467. The van der Waals surface area contributed by atoms with Crippen LogP contribution in [0.3, 0.4) is 0 Å². The van der Waals surface area contributed by atoms with E-state index in [1.807, 2.05) is 19.9 Å². The van der Waals surface area contributed by atoms with Crippen LogP contribution in [0, 0.1) is 16.7 Å². The summed E-state index contributed by atoms with van der Waals surface area (Å²) in [6.45, 7) is 4.36. The number of aliphatic hydroxyl groups excluding tert-OH is 1. The van der Waals surface area contributed by atoms with Gasteiger partial charge in [-0.25, -0.2) is 0 Å². The average molecular weight is 276 g/mol. The molecule has 0 unspecified atom stereocenters. The molecule has 108 valence electrons. The molecule has 0 spiro atoms. The van der Waals surface area contributed by atoms with Crippen molar-refractivity contribution in [3.05, 3.63) is 29.8 Å². The van der Waals surface area contributed by atoms with E-state index < -0.39 is 0 Å². The van der Waals surface area contributed by atoms with Crippen molar-refractivity contribution in [1.29, 1.82) is 5.26 Å². The van der Waals surface area contributed by atoms with E-state index in [4.69, 9.17) is 15.1 Å². The van der Waals surface area contributed by atoms with Crippen molar-refractivity contribution in [3.8, 4) is 11.8 Å². The lowest BCUT2D eigenvalue weighted by Gasteiger charge is -2.23. The number of benzene rings is 1. The van der Waals surface area contributed by atoms with Crippen molar-refractivity contribution < 1.29 is 14.6 Å². The lowest BCUT2D eigenvalue weighted by atomic mass is 9.90. The Hall–Kier alpha value is -2.06. The van der Waals surface area contributed by atoms with Gasteiger partial charge in [-0.2, -0.15) is 5.26 Å². The van der Waals surface area contributed by atoms with Crippen molar-refractivity contribution in [3.63, 3.8) is 0 Å². The van der Waals surface area contributed by atoms with Gasteiger partial charge >= 0.3 is 0 Å². The second-order valence-electron chi connectivity index (χ2n) is 5.31. The van der Waals surface area contributed by atoms with Gasteiger partial charge in [-0.05, 0) is 24.0 Å². The molecule has 1 rings (SSSR count). The SMILES string of the molecule is CC(C)(CCO)CNC(=O)COc1ccccc1C#N. The van der Waals surface area contributed by atoms with E-state index in [0.717, 1.165) is 0 Å². The molecule has 0 saturated carbocycles. The summed E-state index contributed by atoms with van der Waals surface area (Å²) in [5.41, 5.74) is 0.246. The van der Waals surface area contributed by atoms with Crippen LogP contribution in [0.5, 0.6) is 5.75 Å². The number of carbonyl (C=O) groups is 1. The molecular formula is C15H20N2O3. The smallest absolute Gasteiger partial charge is 0.257 e. The lowest BCUT2D eigenvalue weighted by Crippen LogP contribution is -2.37. The Kier molecular flexibility index (Phi) is 6.01. The summed E-state index contributed by atoms with van der Waals surface area (Å²) in [7, 11) is 0. The molecular weight excluding hydrogens is 256 g/mol. The van der Waals surface area contributed by atoms with E-state index in [-0.39, 0.29) is 24.5 Å². The van der Waals surface area contributed by atoms with Crippen LogP contribution in [0.4, 0.5) is 0 Å². The molecule has 0 aromatic heterocycles. The first kappa shape index (κ1) is 16.0. The van der Waals surface area contributed by atoms with E-state index in [9.17, 15) is 4.79 Å². The van der Waals surface area contributed by atoms with Crippen molar-refractivity contribution in [2.24, 2.45) is 5.41 Å². The van der Waals surface area contributed by atoms with Crippen LogP contribution < -0.4 is 10.1 Å². The van der Waals surface area contributed by atoms with Gasteiger partial charge in [0.25, 0.3) is 5.91 Å². The predicted molar refractivity (Wildman–Crippen MR) is 75.1 cm³/mol. The molecule has 0 atom stereocenters. The molecule has 5 nitrogen and oxygen atoms in total. The molecule has 0 fully saturated rings. The quantitative estimate of drug-likeness (QED) is 0.790. The number of hydrogen-bond donors (Lipinski definition) is 2. The molecule has 1 amide bonds. The Labute approximate surface area is 119 Å². The first-order valence-corrected chi connectivity index (χ1v) is 6.48. The minimum atomic E-state index is -0.247. The summed E-state index contributed by atoms with van der Waals surface area (Å²) in [5, 5.41) is 20.6. The summed E-state index contributed by atoms with van der Waals surface area (Å²) in [4.78, 5) is 11.7. The highest BCUT2D eigenvalue weighted by Gasteiger charge is 2.18. The number of para-hydroxylation sites is 1. The Morgan fingerprint density at radius 2 is 2.15 bits per heavy atom. The number of rotatable bonds is 7. The van der Waals surface area contributed by atoms with Gasteiger partial charge in [0.1, 0.15) is 11.8 Å². The highest BCUT2D eigenvalue weighted by Crippen LogP contribution is 2.18. The standard InChI is InChI=1S/C15H20N2O3/c1-15(2,7-8-18)11-17-14(19)10-20-13-6-4-3-5-12(13)9-16/h3-6,18H,7-8,10-11H2,1-2H3,(H,17,19). The Balaban J connectivity index is 2.43. The number of amides is 1. The zero-order chi connectivity index (χ0) is 15.0. The van der Waals surface area contributed by atoms with Crippen LogP contribution in [0.1, 0.15) is 25.8 Å². The van der Waals surface area contributed by atoms with Crippen LogP contribution in [0.25, 0.3) is 0 Å². The Bertz CT molecular complexity index is 492. The van der Waals surface area contributed by atoms with Crippen molar-refractivity contribution >= 4 is 5.91 Å². The highest BCUT2D eigenvalue weighted by molar-refractivity contribution is 5.77. The van der Waals surface area contributed by atoms with Gasteiger partial charge in [0.05, 0.1) is 5.56 Å². The fourth-order valence-electron chi connectivity index (χ4n) is 1.61. The number of ether oxygens (including phenoxy) is 1. The van der Waals surface area contributed by atoms with Crippen LogP contribution in [0.2, 0.25) is 0 Å². The van der Waals surface area contributed by atoms with Gasteiger partial charge in [0.15, 0.2) is 6.61 Å². The van der Waals surface area contributed by atoms with E-state index in [2.05, 4.69) is 5.32 Å². The number of nitriles is 1. The molecule has 0 heterocycles. The van der Waals surface area contributed by atoms with Crippen LogP contribution >= 0.6 is 0 Å². The van der Waals surface area contributed by atoms with E-state index in [1.54, 1.807) is 24.3 Å². The topological polar surface area (TPSA) is 82.3 Å². The third-order valence-corrected chi connectivity index (χ3v) is 2.92. The van der Waals surface area contributed by atoms with Gasteiger partial charge in [0.2, 0.25) is 0 Å².